The van der Waals surface area contributed by atoms with Crippen LogP contribution in [0.15, 0.2) is 57.8 Å². The molecule has 0 unspecified atom stereocenters. The minimum Gasteiger partial charge on any atom is -0.461 e. The number of carbonyl (C=O) groups is 1. The Hall–Kier alpha value is -2.47. The van der Waals surface area contributed by atoms with Crippen LogP contribution in [0.1, 0.15) is 17.4 Å². The summed E-state index contributed by atoms with van der Waals surface area (Å²) >= 11 is 3.38. The molecule has 2 aromatic carbocycles. The molecule has 24 heavy (non-hydrogen) atoms. The van der Waals surface area contributed by atoms with Crippen molar-refractivity contribution in [2.75, 3.05) is 6.61 Å². The average Bonchev–Trinajstić information content (AvgIpc) is 2.56. The molecule has 0 bridgehead atoms. The maximum atomic E-state index is 13.3. The Morgan fingerprint density at radius 3 is 2.54 bits per heavy atom. The van der Waals surface area contributed by atoms with Crippen LogP contribution in [0.3, 0.4) is 0 Å². The maximum Gasteiger partial charge on any atom is 0.355 e. The normalized spacial score (nSPS) is 10.8. The van der Waals surface area contributed by atoms with Crippen molar-refractivity contribution >= 4 is 32.8 Å². The Morgan fingerprint density at radius 1 is 1.17 bits per heavy atom. The fourth-order valence-corrected chi connectivity index (χ4v) is 2.87. The molecule has 0 saturated carbocycles. The lowest BCUT2D eigenvalue weighted by atomic mass is 10.1. The first-order valence-corrected chi connectivity index (χ1v) is 8.09. The summed E-state index contributed by atoms with van der Waals surface area (Å²) in [6, 6.07) is 12.1. The zero-order valence-corrected chi connectivity index (χ0v) is 14.3. The van der Waals surface area contributed by atoms with Crippen LogP contribution >= 0.6 is 15.9 Å². The minimum atomic E-state index is -0.610. The summed E-state index contributed by atoms with van der Waals surface area (Å²) in [7, 11) is 0. The first-order valence-electron chi connectivity index (χ1n) is 7.29. The molecule has 122 valence electrons. The molecule has 6 heteroatoms. The van der Waals surface area contributed by atoms with E-state index in [0.717, 1.165) is 4.47 Å². The third kappa shape index (κ3) is 2.97. The van der Waals surface area contributed by atoms with Gasteiger partial charge in [-0.3, -0.25) is 4.79 Å². The Labute approximate surface area is 145 Å². The molecule has 0 amide bonds. The molecule has 0 saturated heterocycles. The third-order valence-electron chi connectivity index (χ3n) is 3.54. The van der Waals surface area contributed by atoms with E-state index in [1.807, 2.05) is 0 Å². The molecule has 0 atom stereocenters. The van der Waals surface area contributed by atoms with E-state index >= 15 is 0 Å². The number of pyridine rings is 1. The van der Waals surface area contributed by atoms with Crippen molar-refractivity contribution < 1.29 is 13.9 Å². The smallest absolute Gasteiger partial charge is 0.355 e. The van der Waals surface area contributed by atoms with Gasteiger partial charge in [0, 0.05) is 21.6 Å². The second kappa shape index (κ2) is 6.57. The molecule has 0 radical (unpaired) electrons. The van der Waals surface area contributed by atoms with E-state index in [9.17, 15) is 14.0 Å². The van der Waals surface area contributed by atoms with Gasteiger partial charge in [0.05, 0.1) is 12.1 Å². The number of ether oxygens (including phenoxy) is 1. The lowest BCUT2D eigenvalue weighted by molar-refractivity contribution is 0.0516. The highest BCUT2D eigenvalue weighted by atomic mass is 79.9. The fraction of sp³-hybridized carbons (Fsp3) is 0.111. The summed E-state index contributed by atoms with van der Waals surface area (Å²) in [4.78, 5) is 24.7. The third-order valence-corrected chi connectivity index (χ3v) is 4.04. The molecule has 0 aliphatic heterocycles. The summed E-state index contributed by atoms with van der Waals surface area (Å²) in [5.74, 6) is -0.997. The molecule has 3 aromatic rings. The highest BCUT2D eigenvalue weighted by Gasteiger charge is 2.18. The molecule has 3 rings (SSSR count). The predicted octanol–water partition coefficient (Wildman–Crippen LogP) is 4.07. The lowest BCUT2D eigenvalue weighted by Crippen LogP contribution is -2.19. The van der Waals surface area contributed by atoms with Gasteiger partial charge >= 0.3 is 5.97 Å². The first kappa shape index (κ1) is 16.4. The standard InChI is InChI=1S/C18H13BrFNO3/c1-2-24-18(23)16-10-17(22)14-8-3-11(19)9-15(14)21(16)13-6-4-12(20)5-7-13/h3-10H,2H2,1H3. The van der Waals surface area contributed by atoms with Crippen LogP contribution in [0.4, 0.5) is 4.39 Å². The van der Waals surface area contributed by atoms with Crippen LogP contribution in [0.25, 0.3) is 16.6 Å². The van der Waals surface area contributed by atoms with E-state index in [0.29, 0.717) is 16.6 Å². The molecular weight excluding hydrogens is 377 g/mol. The number of fused-ring (bicyclic) bond motifs is 1. The van der Waals surface area contributed by atoms with Gasteiger partial charge in [-0.2, -0.15) is 0 Å². The van der Waals surface area contributed by atoms with Crippen molar-refractivity contribution in [1.82, 2.24) is 4.57 Å². The lowest BCUT2D eigenvalue weighted by Gasteiger charge is -2.16. The average molecular weight is 390 g/mol. The summed E-state index contributed by atoms with van der Waals surface area (Å²) in [5, 5.41) is 0.454. The van der Waals surface area contributed by atoms with Crippen molar-refractivity contribution in [2.24, 2.45) is 0 Å². The molecule has 0 spiro atoms. The van der Waals surface area contributed by atoms with Crippen molar-refractivity contribution in [3.63, 3.8) is 0 Å². The number of hydrogen-bond donors (Lipinski definition) is 0. The number of hydrogen-bond acceptors (Lipinski definition) is 3. The SMILES string of the molecule is CCOC(=O)c1cc(=O)c2ccc(Br)cc2n1-c1ccc(F)cc1. The van der Waals surface area contributed by atoms with Crippen LogP contribution < -0.4 is 5.43 Å². The molecule has 1 aromatic heterocycles. The van der Waals surface area contributed by atoms with Gasteiger partial charge in [0.25, 0.3) is 0 Å². The Balaban J connectivity index is 2.41. The van der Waals surface area contributed by atoms with E-state index < -0.39 is 5.97 Å². The number of rotatable bonds is 3. The summed E-state index contributed by atoms with van der Waals surface area (Å²) in [6.07, 6.45) is 0. The molecule has 0 fully saturated rings. The van der Waals surface area contributed by atoms with E-state index in [1.165, 1.54) is 18.2 Å². The zero-order valence-electron chi connectivity index (χ0n) is 12.8. The number of benzene rings is 2. The maximum absolute atomic E-state index is 13.3. The first-order chi connectivity index (χ1) is 11.5. The Morgan fingerprint density at radius 2 is 1.88 bits per heavy atom. The summed E-state index contributed by atoms with van der Waals surface area (Å²) < 4.78 is 20.7. The molecular formula is C18H13BrFNO3. The molecule has 4 nitrogen and oxygen atoms in total. The van der Waals surface area contributed by atoms with Gasteiger partial charge in [-0.05, 0) is 49.4 Å². The fourth-order valence-electron chi connectivity index (χ4n) is 2.52. The largest absolute Gasteiger partial charge is 0.461 e. The summed E-state index contributed by atoms with van der Waals surface area (Å²) in [5.41, 5.74) is 0.909. The van der Waals surface area contributed by atoms with Gasteiger partial charge in [0.1, 0.15) is 11.5 Å². The van der Waals surface area contributed by atoms with Crippen molar-refractivity contribution in [2.45, 2.75) is 6.92 Å². The Bertz CT molecular complexity index is 980. The van der Waals surface area contributed by atoms with Crippen molar-refractivity contribution in [1.29, 1.82) is 0 Å². The van der Waals surface area contributed by atoms with E-state index in [1.54, 1.807) is 41.8 Å². The number of carbonyl (C=O) groups excluding carboxylic acids is 1. The second-order valence-corrected chi connectivity index (χ2v) is 6.00. The van der Waals surface area contributed by atoms with Crippen LogP contribution in [0, 0.1) is 5.82 Å². The quantitative estimate of drug-likeness (QED) is 0.634. The number of nitrogens with zero attached hydrogens (tertiary/aromatic N) is 1. The van der Waals surface area contributed by atoms with E-state index in [-0.39, 0.29) is 23.5 Å². The van der Waals surface area contributed by atoms with Crippen LogP contribution in [-0.4, -0.2) is 17.1 Å². The monoisotopic (exact) mass is 389 g/mol. The topological polar surface area (TPSA) is 48.3 Å². The minimum absolute atomic E-state index is 0.0964. The van der Waals surface area contributed by atoms with Gasteiger partial charge in [0.2, 0.25) is 0 Å². The van der Waals surface area contributed by atoms with Gasteiger partial charge < -0.3 is 9.30 Å². The predicted molar refractivity (Wildman–Crippen MR) is 93.2 cm³/mol. The Kier molecular flexibility index (Phi) is 4.49. The van der Waals surface area contributed by atoms with Crippen molar-refractivity contribution in [3.05, 3.63) is 74.7 Å². The van der Waals surface area contributed by atoms with Gasteiger partial charge in [0.15, 0.2) is 5.43 Å². The molecule has 0 N–H and O–H groups in total. The highest BCUT2D eigenvalue weighted by molar-refractivity contribution is 9.10. The van der Waals surface area contributed by atoms with E-state index in [2.05, 4.69) is 15.9 Å². The van der Waals surface area contributed by atoms with Crippen molar-refractivity contribution in [3.8, 4) is 5.69 Å². The number of esters is 1. The van der Waals surface area contributed by atoms with Crippen LogP contribution in [0.2, 0.25) is 0 Å². The van der Waals surface area contributed by atoms with Crippen LogP contribution in [0.5, 0.6) is 0 Å². The second-order valence-electron chi connectivity index (χ2n) is 5.09. The summed E-state index contributed by atoms with van der Waals surface area (Å²) in [6.45, 7) is 1.88. The molecule has 0 aliphatic carbocycles. The highest BCUT2D eigenvalue weighted by Crippen LogP contribution is 2.23. The van der Waals surface area contributed by atoms with Crippen LogP contribution in [-0.2, 0) is 4.74 Å². The van der Waals surface area contributed by atoms with Gasteiger partial charge in [-0.1, -0.05) is 15.9 Å². The van der Waals surface area contributed by atoms with E-state index in [4.69, 9.17) is 4.74 Å². The number of halogens is 2. The zero-order chi connectivity index (χ0) is 17.3. The number of aromatic nitrogens is 1. The van der Waals surface area contributed by atoms with Gasteiger partial charge in [-0.15, -0.1) is 0 Å². The molecule has 0 aliphatic rings. The molecule has 1 heterocycles. The van der Waals surface area contributed by atoms with Gasteiger partial charge in [-0.25, -0.2) is 9.18 Å².